The van der Waals surface area contributed by atoms with Crippen molar-refractivity contribution in [2.45, 2.75) is 19.4 Å². The van der Waals surface area contributed by atoms with E-state index >= 15 is 0 Å². The maximum atomic E-state index is 10.9. The summed E-state index contributed by atoms with van der Waals surface area (Å²) in [6.45, 7) is 1.65. The fraction of sp³-hybridized carbons (Fsp3) is 0.312. The first-order chi connectivity index (χ1) is 9.29. The van der Waals surface area contributed by atoms with E-state index in [1.807, 2.05) is 6.07 Å². The molecule has 0 amide bonds. The van der Waals surface area contributed by atoms with E-state index in [-0.39, 0.29) is 5.97 Å². The van der Waals surface area contributed by atoms with Crippen LogP contribution < -0.4 is 5.32 Å². The zero-order valence-corrected chi connectivity index (χ0v) is 11.2. The van der Waals surface area contributed by atoms with Crippen molar-refractivity contribution in [3.63, 3.8) is 0 Å². The number of hydrogen-bond donors (Lipinski definition) is 1. The van der Waals surface area contributed by atoms with Crippen LogP contribution >= 0.6 is 0 Å². The first-order valence-corrected chi connectivity index (χ1v) is 6.55. The van der Waals surface area contributed by atoms with Gasteiger partial charge in [-0.05, 0) is 35.4 Å². The first kappa shape index (κ1) is 13.6. The molecule has 3 nitrogen and oxygen atoms in total. The zero-order valence-electron chi connectivity index (χ0n) is 11.2. The molecule has 0 aliphatic heterocycles. The third-order valence-electron chi connectivity index (χ3n) is 3.11. The van der Waals surface area contributed by atoms with E-state index in [1.165, 1.54) is 23.4 Å². The van der Waals surface area contributed by atoms with Crippen LogP contribution in [0, 0.1) is 0 Å². The number of carbonyl (C=O) groups excluding carboxylic acids is 1. The quantitative estimate of drug-likeness (QED) is 0.639. The monoisotopic (exact) mass is 257 g/mol. The minimum Gasteiger partial charge on any atom is -0.469 e. The van der Waals surface area contributed by atoms with E-state index in [2.05, 4.69) is 46.5 Å². The Morgan fingerprint density at radius 3 is 2.74 bits per heavy atom. The van der Waals surface area contributed by atoms with Crippen molar-refractivity contribution in [3.05, 3.63) is 48.0 Å². The molecule has 19 heavy (non-hydrogen) atoms. The van der Waals surface area contributed by atoms with E-state index in [0.29, 0.717) is 6.42 Å². The fourth-order valence-electron chi connectivity index (χ4n) is 2.04. The molecular formula is C16H19NO2. The second-order valence-corrected chi connectivity index (χ2v) is 4.54. The third kappa shape index (κ3) is 4.07. The molecule has 0 bridgehead atoms. The van der Waals surface area contributed by atoms with Gasteiger partial charge in [-0.1, -0.05) is 36.4 Å². The van der Waals surface area contributed by atoms with Crippen LogP contribution in [0.1, 0.15) is 18.4 Å². The smallest absolute Gasteiger partial charge is 0.305 e. The molecule has 100 valence electrons. The third-order valence-corrected chi connectivity index (χ3v) is 3.11. The lowest BCUT2D eigenvalue weighted by molar-refractivity contribution is -0.140. The number of carbonyl (C=O) groups is 1. The predicted octanol–water partition coefficient (Wildman–Crippen LogP) is 2.88. The highest BCUT2D eigenvalue weighted by Crippen LogP contribution is 2.15. The van der Waals surface area contributed by atoms with E-state index in [4.69, 9.17) is 0 Å². The number of esters is 1. The number of nitrogens with one attached hydrogen (secondary N) is 1. The summed E-state index contributed by atoms with van der Waals surface area (Å²) < 4.78 is 4.60. The number of methoxy groups -OCH3 is 1. The van der Waals surface area contributed by atoms with Crippen molar-refractivity contribution >= 4 is 16.7 Å². The van der Waals surface area contributed by atoms with Gasteiger partial charge in [0, 0.05) is 13.0 Å². The van der Waals surface area contributed by atoms with Crippen molar-refractivity contribution in [1.82, 2.24) is 5.32 Å². The molecule has 0 atom stereocenters. The summed E-state index contributed by atoms with van der Waals surface area (Å²) in [5.41, 5.74) is 1.26. The van der Waals surface area contributed by atoms with Crippen LogP contribution in [0.2, 0.25) is 0 Å². The van der Waals surface area contributed by atoms with Crippen molar-refractivity contribution in [3.8, 4) is 0 Å². The first-order valence-electron chi connectivity index (χ1n) is 6.55. The minimum absolute atomic E-state index is 0.146. The van der Waals surface area contributed by atoms with Gasteiger partial charge in [-0.2, -0.15) is 0 Å². The number of hydrogen-bond acceptors (Lipinski definition) is 3. The zero-order chi connectivity index (χ0) is 13.5. The second kappa shape index (κ2) is 6.90. The maximum absolute atomic E-state index is 10.9. The van der Waals surface area contributed by atoms with E-state index in [0.717, 1.165) is 19.5 Å². The van der Waals surface area contributed by atoms with Crippen molar-refractivity contribution < 1.29 is 9.53 Å². The molecule has 2 aromatic carbocycles. The van der Waals surface area contributed by atoms with Gasteiger partial charge in [0.2, 0.25) is 0 Å². The molecule has 2 rings (SSSR count). The lowest BCUT2D eigenvalue weighted by Gasteiger charge is -2.06. The average molecular weight is 257 g/mol. The van der Waals surface area contributed by atoms with Crippen molar-refractivity contribution in [1.29, 1.82) is 0 Å². The van der Waals surface area contributed by atoms with Gasteiger partial charge in [-0.15, -0.1) is 0 Å². The average Bonchev–Trinajstić information content (AvgIpc) is 2.46. The van der Waals surface area contributed by atoms with Crippen LogP contribution in [-0.2, 0) is 16.1 Å². The van der Waals surface area contributed by atoms with Gasteiger partial charge < -0.3 is 10.1 Å². The Kier molecular flexibility index (Phi) is 4.93. The Morgan fingerprint density at radius 2 is 1.95 bits per heavy atom. The highest BCUT2D eigenvalue weighted by molar-refractivity contribution is 5.82. The number of ether oxygens (including phenoxy) is 1. The van der Waals surface area contributed by atoms with Crippen molar-refractivity contribution in [2.75, 3.05) is 13.7 Å². The Morgan fingerprint density at radius 1 is 1.16 bits per heavy atom. The molecule has 3 heteroatoms. The summed E-state index contributed by atoms with van der Waals surface area (Å²) in [6, 6.07) is 14.8. The SMILES string of the molecule is COC(=O)CCCNCc1ccc2ccccc2c1. The summed E-state index contributed by atoms with van der Waals surface area (Å²) in [5, 5.41) is 5.86. The molecule has 0 saturated carbocycles. The van der Waals surface area contributed by atoms with Crippen LogP contribution in [0.4, 0.5) is 0 Å². The normalized spacial score (nSPS) is 10.6. The topological polar surface area (TPSA) is 38.3 Å². The number of rotatable bonds is 6. The van der Waals surface area contributed by atoms with Gasteiger partial charge in [0.25, 0.3) is 0 Å². The van der Waals surface area contributed by atoms with Crippen LogP contribution in [0.3, 0.4) is 0 Å². The molecule has 0 radical (unpaired) electrons. The molecule has 0 heterocycles. The van der Waals surface area contributed by atoms with Gasteiger partial charge in [-0.3, -0.25) is 4.79 Å². The number of fused-ring (bicyclic) bond motifs is 1. The lowest BCUT2D eigenvalue weighted by Crippen LogP contribution is -2.16. The second-order valence-electron chi connectivity index (χ2n) is 4.54. The van der Waals surface area contributed by atoms with E-state index in [9.17, 15) is 4.79 Å². The summed E-state index contributed by atoms with van der Waals surface area (Å²) in [6.07, 6.45) is 1.28. The minimum atomic E-state index is -0.146. The van der Waals surface area contributed by atoms with Crippen LogP contribution in [0.25, 0.3) is 10.8 Å². The molecule has 2 aromatic rings. The molecule has 0 spiro atoms. The highest BCUT2D eigenvalue weighted by Gasteiger charge is 1.99. The molecule has 0 unspecified atom stereocenters. The van der Waals surface area contributed by atoms with Gasteiger partial charge in [0.15, 0.2) is 0 Å². The Balaban J connectivity index is 1.80. The van der Waals surface area contributed by atoms with Gasteiger partial charge in [0.1, 0.15) is 0 Å². The Hall–Kier alpha value is -1.87. The lowest BCUT2D eigenvalue weighted by atomic mass is 10.1. The van der Waals surface area contributed by atoms with E-state index in [1.54, 1.807) is 0 Å². The molecule has 0 aliphatic rings. The summed E-state index contributed by atoms with van der Waals surface area (Å²) in [5.74, 6) is -0.146. The largest absolute Gasteiger partial charge is 0.469 e. The molecule has 0 saturated heterocycles. The summed E-state index contributed by atoms with van der Waals surface area (Å²) in [4.78, 5) is 10.9. The van der Waals surface area contributed by atoms with Crippen LogP contribution in [0.15, 0.2) is 42.5 Å². The highest BCUT2D eigenvalue weighted by atomic mass is 16.5. The fourth-order valence-corrected chi connectivity index (χ4v) is 2.04. The molecule has 0 fully saturated rings. The Labute approximate surface area is 113 Å². The van der Waals surface area contributed by atoms with Gasteiger partial charge >= 0.3 is 5.97 Å². The Bertz CT molecular complexity index is 551. The molecule has 1 N–H and O–H groups in total. The van der Waals surface area contributed by atoms with Gasteiger partial charge in [0.05, 0.1) is 7.11 Å². The van der Waals surface area contributed by atoms with Crippen LogP contribution in [-0.4, -0.2) is 19.6 Å². The molecule has 0 aliphatic carbocycles. The molecular weight excluding hydrogens is 238 g/mol. The number of benzene rings is 2. The van der Waals surface area contributed by atoms with Gasteiger partial charge in [-0.25, -0.2) is 0 Å². The summed E-state index contributed by atoms with van der Waals surface area (Å²) >= 11 is 0. The van der Waals surface area contributed by atoms with Crippen LogP contribution in [0.5, 0.6) is 0 Å². The molecule has 0 aromatic heterocycles. The summed E-state index contributed by atoms with van der Waals surface area (Å²) in [7, 11) is 1.42. The van der Waals surface area contributed by atoms with Crippen molar-refractivity contribution in [2.24, 2.45) is 0 Å². The van der Waals surface area contributed by atoms with E-state index < -0.39 is 0 Å². The maximum Gasteiger partial charge on any atom is 0.305 e. The standard InChI is InChI=1S/C16H19NO2/c1-19-16(18)7-4-10-17-12-13-8-9-14-5-2-3-6-15(14)11-13/h2-3,5-6,8-9,11,17H,4,7,10,12H2,1H3. The predicted molar refractivity (Wildman–Crippen MR) is 76.9 cm³/mol.